The molecule has 0 aliphatic carbocycles. The van der Waals surface area contributed by atoms with Crippen LogP contribution in [0.5, 0.6) is 0 Å². The van der Waals surface area contributed by atoms with Gasteiger partial charge in [0.2, 0.25) is 0 Å². The lowest BCUT2D eigenvalue weighted by molar-refractivity contribution is 0.122. The topological polar surface area (TPSA) is 36.0 Å². The van der Waals surface area contributed by atoms with Crippen molar-refractivity contribution in [2.75, 3.05) is 44.8 Å². The van der Waals surface area contributed by atoms with Crippen molar-refractivity contribution in [2.45, 2.75) is 33.4 Å². The molecule has 128 valence electrons. The number of rotatable bonds is 5. The molecule has 0 bridgehead atoms. The minimum absolute atomic E-state index is 0.0827. The molecule has 0 atom stereocenters. The van der Waals surface area contributed by atoms with Crippen LogP contribution in [0, 0.1) is 0 Å². The van der Waals surface area contributed by atoms with Crippen molar-refractivity contribution >= 4 is 11.7 Å². The number of carbonyl (C=O) groups is 1. The molecule has 23 heavy (non-hydrogen) atoms. The number of amides is 2. The summed E-state index contributed by atoms with van der Waals surface area (Å²) in [6.07, 6.45) is 0. The van der Waals surface area contributed by atoms with Crippen molar-refractivity contribution in [3.63, 3.8) is 0 Å². The molecule has 1 fully saturated rings. The fraction of sp³-hybridized carbons (Fsp3) is 0.611. The molecule has 0 N–H and O–H groups in total. The lowest BCUT2D eigenvalue weighted by atomic mass is 10.1. The minimum Gasteiger partial charge on any atom is -0.378 e. The molecule has 0 saturated carbocycles. The fourth-order valence-electron chi connectivity index (χ4n) is 3.02. The van der Waals surface area contributed by atoms with Gasteiger partial charge in [-0.3, -0.25) is 0 Å². The minimum atomic E-state index is 0.0827. The average molecular weight is 319 g/mol. The zero-order valence-corrected chi connectivity index (χ0v) is 14.8. The van der Waals surface area contributed by atoms with Crippen LogP contribution in [-0.4, -0.2) is 61.8 Å². The van der Waals surface area contributed by atoms with E-state index in [0.29, 0.717) is 6.54 Å². The standard InChI is InChI=1S/C18H29N3O2/c1-5-21(15(2)3)18(22)19(4)14-16-8-6-7-9-17(16)20-10-12-23-13-11-20/h6-9,15H,5,10-14H2,1-4H3. The first-order valence-corrected chi connectivity index (χ1v) is 8.47. The second kappa shape index (κ2) is 8.20. The van der Waals surface area contributed by atoms with Crippen LogP contribution in [0.4, 0.5) is 10.5 Å². The van der Waals surface area contributed by atoms with Gasteiger partial charge in [-0.25, -0.2) is 4.79 Å². The number of para-hydroxylation sites is 1. The van der Waals surface area contributed by atoms with E-state index in [-0.39, 0.29) is 12.1 Å². The van der Waals surface area contributed by atoms with Crippen LogP contribution in [0.2, 0.25) is 0 Å². The average Bonchev–Trinajstić information content (AvgIpc) is 2.56. The molecule has 0 aromatic heterocycles. The van der Waals surface area contributed by atoms with Crippen molar-refractivity contribution in [2.24, 2.45) is 0 Å². The Labute approximate surface area is 139 Å². The Morgan fingerprint density at radius 2 is 1.91 bits per heavy atom. The summed E-state index contributed by atoms with van der Waals surface area (Å²) in [7, 11) is 1.88. The van der Waals surface area contributed by atoms with Crippen molar-refractivity contribution in [1.29, 1.82) is 0 Å². The second-order valence-corrected chi connectivity index (χ2v) is 6.25. The van der Waals surface area contributed by atoms with Crippen LogP contribution in [0.1, 0.15) is 26.3 Å². The first-order valence-electron chi connectivity index (χ1n) is 8.47. The highest BCUT2D eigenvalue weighted by Gasteiger charge is 2.21. The van der Waals surface area contributed by atoms with Crippen LogP contribution in [0.25, 0.3) is 0 Å². The SMILES string of the molecule is CCN(C(=O)N(C)Cc1ccccc1N1CCOCC1)C(C)C. The molecule has 5 heteroatoms. The zero-order chi connectivity index (χ0) is 16.8. The number of benzene rings is 1. The fourth-order valence-corrected chi connectivity index (χ4v) is 3.02. The van der Waals surface area contributed by atoms with E-state index in [0.717, 1.165) is 32.8 Å². The van der Waals surface area contributed by atoms with E-state index >= 15 is 0 Å². The Morgan fingerprint density at radius 3 is 2.52 bits per heavy atom. The van der Waals surface area contributed by atoms with Gasteiger partial charge in [0.25, 0.3) is 0 Å². The number of hydrogen-bond acceptors (Lipinski definition) is 3. The smallest absolute Gasteiger partial charge is 0.320 e. The van der Waals surface area contributed by atoms with Gasteiger partial charge in [-0.1, -0.05) is 18.2 Å². The first kappa shape index (κ1) is 17.6. The van der Waals surface area contributed by atoms with E-state index in [1.54, 1.807) is 0 Å². The highest BCUT2D eigenvalue weighted by atomic mass is 16.5. The highest BCUT2D eigenvalue weighted by molar-refractivity contribution is 5.74. The lowest BCUT2D eigenvalue weighted by Crippen LogP contribution is -2.44. The number of nitrogens with zero attached hydrogens (tertiary/aromatic N) is 3. The van der Waals surface area contributed by atoms with Gasteiger partial charge in [0.15, 0.2) is 0 Å². The summed E-state index contributed by atoms with van der Waals surface area (Å²) in [6, 6.07) is 8.64. The predicted molar refractivity (Wildman–Crippen MR) is 93.9 cm³/mol. The zero-order valence-electron chi connectivity index (χ0n) is 14.8. The van der Waals surface area contributed by atoms with Crippen LogP contribution in [-0.2, 0) is 11.3 Å². The van der Waals surface area contributed by atoms with E-state index < -0.39 is 0 Å². The van der Waals surface area contributed by atoms with Gasteiger partial charge < -0.3 is 19.4 Å². The Hall–Kier alpha value is -1.75. The quantitative estimate of drug-likeness (QED) is 0.837. The van der Waals surface area contributed by atoms with Gasteiger partial charge in [0, 0.05) is 45.0 Å². The van der Waals surface area contributed by atoms with Gasteiger partial charge in [-0.05, 0) is 32.4 Å². The molecule has 1 aromatic carbocycles. The molecule has 0 radical (unpaired) electrons. The number of hydrogen-bond donors (Lipinski definition) is 0. The molecule has 0 unspecified atom stereocenters. The van der Waals surface area contributed by atoms with Gasteiger partial charge in [-0.15, -0.1) is 0 Å². The number of morpholine rings is 1. The van der Waals surface area contributed by atoms with Gasteiger partial charge in [-0.2, -0.15) is 0 Å². The Balaban J connectivity index is 2.11. The molecular formula is C18H29N3O2. The first-order chi connectivity index (χ1) is 11.0. The van der Waals surface area contributed by atoms with E-state index in [9.17, 15) is 4.79 Å². The Morgan fingerprint density at radius 1 is 1.26 bits per heavy atom. The Kier molecular flexibility index (Phi) is 6.28. The van der Waals surface area contributed by atoms with Crippen LogP contribution >= 0.6 is 0 Å². The summed E-state index contributed by atoms with van der Waals surface area (Å²) in [5, 5.41) is 0. The van der Waals surface area contributed by atoms with Crippen molar-refractivity contribution < 1.29 is 9.53 Å². The summed E-state index contributed by atoms with van der Waals surface area (Å²) in [5.41, 5.74) is 2.40. The summed E-state index contributed by atoms with van der Waals surface area (Å²) in [4.78, 5) is 18.7. The maximum Gasteiger partial charge on any atom is 0.320 e. The third-order valence-corrected chi connectivity index (χ3v) is 4.29. The van der Waals surface area contributed by atoms with Crippen molar-refractivity contribution in [1.82, 2.24) is 9.80 Å². The maximum absolute atomic E-state index is 12.6. The van der Waals surface area contributed by atoms with E-state index in [1.807, 2.05) is 29.8 Å². The normalized spacial score (nSPS) is 14.9. The molecule has 1 saturated heterocycles. The third kappa shape index (κ3) is 4.38. The number of anilines is 1. The Bertz CT molecular complexity index is 513. The van der Waals surface area contributed by atoms with Crippen LogP contribution in [0.15, 0.2) is 24.3 Å². The molecule has 1 aliphatic heterocycles. The number of carbonyl (C=O) groups excluding carboxylic acids is 1. The number of ether oxygens (including phenoxy) is 1. The van der Waals surface area contributed by atoms with Gasteiger partial charge in [0.1, 0.15) is 0 Å². The summed E-state index contributed by atoms with van der Waals surface area (Å²) < 4.78 is 5.44. The second-order valence-electron chi connectivity index (χ2n) is 6.25. The van der Waals surface area contributed by atoms with Gasteiger partial charge >= 0.3 is 6.03 Å². The van der Waals surface area contributed by atoms with Gasteiger partial charge in [0.05, 0.1) is 13.2 Å². The molecule has 1 heterocycles. The third-order valence-electron chi connectivity index (χ3n) is 4.29. The van der Waals surface area contributed by atoms with Crippen molar-refractivity contribution in [3.05, 3.63) is 29.8 Å². The summed E-state index contributed by atoms with van der Waals surface area (Å²) in [5.74, 6) is 0. The molecule has 2 amide bonds. The van der Waals surface area contributed by atoms with Crippen LogP contribution in [0.3, 0.4) is 0 Å². The van der Waals surface area contributed by atoms with Crippen LogP contribution < -0.4 is 4.90 Å². The van der Waals surface area contributed by atoms with Crippen molar-refractivity contribution in [3.8, 4) is 0 Å². The lowest BCUT2D eigenvalue weighted by Gasteiger charge is -2.33. The molecule has 2 rings (SSSR count). The summed E-state index contributed by atoms with van der Waals surface area (Å²) in [6.45, 7) is 10.8. The predicted octanol–water partition coefficient (Wildman–Crippen LogP) is 2.81. The summed E-state index contributed by atoms with van der Waals surface area (Å²) >= 11 is 0. The molecule has 0 spiro atoms. The number of urea groups is 1. The van der Waals surface area contributed by atoms with E-state index in [1.165, 1.54) is 11.3 Å². The van der Waals surface area contributed by atoms with E-state index in [4.69, 9.17) is 4.74 Å². The highest BCUT2D eigenvalue weighted by Crippen LogP contribution is 2.23. The molecular weight excluding hydrogens is 290 g/mol. The molecule has 5 nitrogen and oxygen atoms in total. The monoisotopic (exact) mass is 319 g/mol. The molecule has 1 aromatic rings. The maximum atomic E-state index is 12.6. The van der Waals surface area contributed by atoms with E-state index in [2.05, 4.69) is 36.9 Å². The molecule has 1 aliphatic rings. The largest absolute Gasteiger partial charge is 0.378 e.